The maximum absolute atomic E-state index is 13.6. The monoisotopic (exact) mass is 303 g/mol. The van der Waals surface area contributed by atoms with E-state index in [-0.39, 0.29) is 0 Å². The summed E-state index contributed by atoms with van der Waals surface area (Å²) < 4.78 is 26.4. The van der Waals surface area contributed by atoms with E-state index in [1.54, 1.807) is 6.07 Å². The van der Waals surface area contributed by atoms with E-state index in [2.05, 4.69) is 20.8 Å². The van der Waals surface area contributed by atoms with Gasteiger partial charge in [-0.15, -0.1) is 0 Å². The molecule has 1 fully saturated rings. The zero-order valence-corrected chi connectivity index (χ0v) is 11.2. The molecule has 0 atom stereocenters. The molecule has 0 unspecified atom stereocenters. The van der Waals surface area contributed by atoms with Crippen molar-refractivity contribution in [1.29, 1.82) is 0 Å². The lowest BCUT2D eigenvalue weighted by Gasteiger charge is -2.37. The van der Waals surface area contributed by atoms with E-state index in [0.29, 0.717) is 18.2 Å². The molecule has 0 N–H and O–H groups in total. The van der Waals surface area contributed by atoms with E-state index in [4.69, 9.17) is 0 Å². The number of halogens is 3. The van der Waals surface area contributed by atoms with Gasteiger partial charge in [-0.1, -0.05) is 28.4 Å². The average Bonchev–Trinajstić information content (AvgIpc) is 2.20. The van der Waals surface area contributed by atoms with Crippen molar-refractivity contribution < 1.29 is 8.78 Å². The van der Waals surface area contributed by atoms with Crippen LogP contribution >= 0.6 is 15.9 Å². The molecule has 1 aromatic rings. The summed E-state index contributed by atoms with van der Waals surface area (Å²) in [7, 11) is 0. The van der Waals surface area contributed by atoms with E-state index in [1.165, 1.54) is 25.3 Å². The standard InChI is InChI=1S/C13H16BrF2N/c14-6-7-17(12-2-1-3-12)9-10-4-5-11(15)8-13(10)16/h4-5,8,12H,1-3,6-7,9H2. The van der Waals surface area contributed by atoms with E-state index < -0.39 is 11.6 Å². The van der Waals surface area contributed by atoms with Crippen LogP contribution in [0.5, 0.6) is 0 Å². The van der Waals surface area contributed by atoms with Crippen LogP contribution in [0.1, 0.15) is 24.8 Å². The highest BCUT2D eigenvalue weighted by atomic mass is 79.9. The first kappa shape index (κ1) is 13.0. The van der Waals surface area contributed by atoms with Crippen LogP contribution in [0.2, 0.25) is 0 Å². The Morgan fingerprint density at radius 3 is 2.59 bits per heavy atom. The highest BCUT2D eigenvalue weighted by Gasteiger charge is 2.25. The lowest BCUT2D eigenvalue weighted by molar-refractivity contribution is 0.126. The Balaban J connectivity index is 2.05. The second-order valence-corrected chi connectivity index (χ2v) is 5.27. The smallest absolute Gasteiger partial charge is 0.130 e. The van der Waals surface area contributed by atoms with Crippen molar-refractivity contribution in [1.82, 2.24) is 4.90 Å². The van der Waals surface area contributed by atoms with Gasteiger partial charge in [0.25, 0.3) is 0 Å². The summed E-state index contributed by atoms with van der Waals surface area (Å²) in [5.41, 5.74) is 0.583. The molecule has 1 aromatic carbocycles. The van der Waals surface area contributed by atoms with Crippen molar-refractivity contribution in [2.24, 2.45) is 0 Å². The zero-order chi connectivity index (χ0) is 12.3. The second kappa shape index (κ2) is 5.91. The first-order valence-corrected chi connectivity index (χ1v) is 7.07. The average molecular weight is 304 g/mol. The van der Waals surface area contributed by atoms with Crippen LogP contribution < -0.4 is 0 Å². The maximum Gasteiger partial charge on any atom is 0.130 e. The van der Waals surface area contributed by atoms with Crippen LogP contribution in [0.4, 0.5) is 8.78 Å². The fourth-order valence-corrected chi connectivity index (χ4v) is 2.58. The van der Waals surface area contributed by atoms with Gasteiger partial charge in [0.1, 0.15) is 11.6 Å². The summed E-state index contributed by atoms with van der Waals surface area (Å²) in [6.07, 6.45) is 3.64. The summed E-state index contributed by atoms with van der Waals surface area (Å²) in [6, 6.07) is 4.40. The van der Waals surface area contributed by atoms with E-state index in [9.17, 15) is 8.78 Å². The minimum atomic E-state index is -0.512. The molecule has 0 spiro atoms. The lowest BCUT2D eigenvalue weighted by Crippen LogP contribution is -2.40. The lowest BCUT2D eigenvalue weighted by atomic mass is 9.91. The molecule has 0 saturated heterocycles. The fourth-order valence-electron chi connectivity index (χ4n) is 2.12. The van der Waals surface area contributed by atoms with E-state index in [0.717, 1.165) is 17.9 Å². The molecule has 1 saturated carbocycles. The van der Waals surface area contributed by atoms with Crippen molar-refractivity contribution >= 4 is 15.9 Å². The quantitative estimate of drug-likeness (QED) is 0.750. The molecule has 4 heteroatoms. The minimum Gasteiger partial charge on any atom is -0.295 e. The molecule has 1 aliphatic rings. The van der Waals surface area contributed by atoms with Crippen LogP contribution in [0.15, 0.2) is 18.2 Å². The third-order valence-corrected chi connectivity index (χ3v) is 3.71. The second-order valence-electron chi connectivity index (χ2n) is 4.48. The molecule has 2 rings (SSSR count). The summed E-state index contributed by atoms with van der Waals surface area (Å²) >= 11 is 3.42. The summed E-state index contributed by atoms with van der Waals surface area (Å²) in [5, 5.41) is 0.881. The Kier molecular flexibility index (Phi) is 4.51. The number of hydrogen-bond acceptors (Lipinski definition) is 1. The molecule has 0 bridgehead atoms. The largest absolute Gasteiger partial charge is 0.295 e. The van der Waals surface area contributed by atoms with Gasteiger partial charge in [0, 0.05) is 36.1 Å². The van der Waals surface area contributed by atoms with Gasteiger partial charge < -0.3 is 0 Å². The summed E-state index contributed by atoms with van der Waals surface area (Å²) in [6.45, 7) is 1.48. The van der Waals surface area contributed by atoms with Gasteiger partial charge in [-0.25, -0.2) is 8.78 Å². The molecular weight excluding hydrogens is 288 g/mol. The summed E-state index contributed by atoms with van der Waals surface area (Å²) in [4.78, 5) is 2.27. The van der Waals surface area contributed by atoms with E-state index in [1.807, 2.05) is 0 Å². The van der Waals surface area contributed by atoms with Crippen LogP contribution in [0.3, 0.4) is 0 Å². The third-order valence-electron chi connectivity index (χ3n) is 3.35. The first-order chi connectivity index (χ1) is 8.20. The van der Waals surface area contributed by atoms with Crippen molar-refractivity contribution in [2.45, 2.75) is 31.8 Å². The van der Waals surface area contributed by atoms with Crippen molar-refractivity contribution in [2.75, 3.05) is 11.9 Å². The van der Waals surface area contributed by atoms with Gasteiger partial charge in [0.2, 0.25) is 0 Å². The molecule has 0 aromatic heterocycles. The Bertz CT molecular complexity index is 380. The molecule has 1 nitrogen and oxygen atoms in total. The number of nitrogens with zero attached hydrogens (tertiary/aromatic N) is 1. The highest BCUT2D eigenvalue weighted by molar-refractivity contribution is 9.09. The molecule has 0 heterocycles. The summed E-state index contributed by atoms with van der Waals surface area (Å²) in [5.74, 6) is -0.953. The normalized spacial score (nSPS) is 16.2. The molecule has 0 aliphatic heterocycles. The predicted molar refractivity (Wildman–Crippen MR) is 68.2 cm³/mol. The van der Waals surface area contributed by atoms with Gasteiger partial charge in [-0.3, -0.25) is 4.90 Å². The highest BCUT2D eigenvalue weighted by Crippen LogP contribution is 2.26. The topological polar surface area (TPSA) is 3.24 Å². The van der Waals surface area contributed by atoms with Crippen LogP contribution in [-0.4, -0.2) is 22.8 Å². The molecule has 1 aliphatic carbocycles. The molecule has 0 amide bonds. The Labute approximate surface area is 109 Å². The molecule has 94 valence electrons. The van der Waals surface area contributed by atoms with Gasteiger partial charge in [0.15, 0.2) is 0 Å². The Morgan fingerprint density at radius 1 is 1.29 bits per heavy atom. The van der Waals surface area contributed by atoms with Crippen LogP contribution in [-0.2, 0) is 6.54 Å². The number of benzene rings is 1. The van der Waals surface area contributed by atoms with Crippen molar-refractivity contribution in [3.05, 3.63) is 35.4 Å². The minimum absolute atomic E-state index is 0.441. The van der Waals surface area contributed by atoms with Crippen LogP contribution in [0.25, 0.3) is 0 Å². The van der Waals surface area contributed by atoms with Crippen molar-refractivity contribution in [3.63, 3.8) is 0 Å². The van der Waals surface area contributed by atoms with E-state index >= 15 is 0 Å². The van der Waals surface area contributed by atoms with Gasteiger partial charge in [-0.2, -0.15) is 0 Å². The predicted octanol–water partition coefficient (Wildman–Crippen LogP) is 3.71. The number of alkyl halides is 1. The molecular formula is C13H16BrF2N. The molecule has 17 heavy (non-hydrogen) atoms. The molecule has 0 radical (unpaired) electrons. The first-order valence-electron chi connectivity index (χ1n) is 5.94. The zero-order valence-electron chi connectivity index (χ0n) is 9.63. The number of rotatable bonds is 5. The fraction of sp³-hybridized carbons (Fsp3) is 0.538. The van der Waals surface area contributed by atoms with Gasteiger partial charge in [0.05, 0.1) is 0 Å². The Morgan fingerprint density at radius 2 is 2.06 bits per heavy atom. The maximum atomic E-state index is 13.6. The number of hydrogen-bond donors (Lipinski definition) is 0. The van der Waals surface area contributed by atoms with Crippen LogP contribution in [0, 0.1) is 11.6 Å². The third kappa shape index (κ3) is 3.26. The van der Waals surface area contributed by atoms with Crippen molar-refractivity contribution in [3.8, 4) is 0 Å². The van der Waals surface area contributed by atoms with Gasteiger partial charge >= 0.3 is 0 Å². The van der Waals surface area contributed by atoms with Gasteiger partial charge in [-0.05, 0) is 18.9 Å². The Hall–Kier alpha value is -0.480. The SMILES string of the molecule is Fc1ccc(CN(CCBr)C2CCC2)c(F)c1.